The summed E-state index contributed by atoms with van der Waals surface area (Å²) < 4.78 is 34.2. The van der Waals surface area contributed by atoms with Crippen molar-refractivity contribution >= 4 is 17.3 Å². The van der Waals surface area contributed by atoms with E-state index in [0.29, 0.717) is 22.6 Å². The topological polar surface area (TPSA) is 126 Å². The van der Waals surface area contributed by atoms with Gasteiger partial charge >= 0.3 is 10.8 Å². The molecule has 0 amide bonds. The normalized spacial score (nSPS) is 12.0. The van der Waals surface area contributed by atoms with E-state index in [1.54, 1.807) is 12.1 Å². The van der Waals surface area contributed by atoms with Gasteiger partial charge in [0, 0.05) is 24.1 Å². The van der Waals surface area contributed by atoms with Crippen LogP contribution in [0.4, 0.5) is 8.78 Å². The first-order valence-corrected chi connectivity index (χ1v) is 9.18. The number of hydrogen-bond donors (Lipinski definition) is 4. The van der Waals surface area contributed by atoms with Crippen molar-refractivity contribution in [1.82, 2.24) is 4.98 Å². The summed E-state index contributed by atoms with van der Waals surface area (Å²) in [7, 11) is 0. The summed E-state index contributed by atoms with van der Waals surface area (Å²) >= 11 is 0.669. The van der Waals surface area contributed by atoms with Crippen LogP contribution in [0.15, 0.2) is 41.2 Å². The zero-order chi connectivity index (χ0) is 21.1. The van der Waals surface area contributed by atoms with Gasteiger partial charge in [-0.1, -0.05) is 23.5 Å². The van der Waals surface area contributed by atoms with Crippen molar-refractivity contribution in [2.45, 2.75) is 18.9 Å². The third-order valence-electron chi connectivity index (χ3n) is 4.08. The number of nitrogens with one attached hydrogen (secondary N) is 1. The number of nitrogens with two attached hydrogens (primary N) is 1. The van der Waals surface area contributed by atoms with Gasteiger partial charge in [-0.15, -0.1) is 0 Å². The summed E-state index contributed by atoms with van der Waals surface area (Å²) in [5, 5.41) is 18.4. The minimum atomic E-state index is -1.11. The minimum absolute atomic E-state index is 0.0785. The molecule has 1 unspecified atom stereocenters. The summed E-state index contributed by atoms with van der Waals surface area (Å²) in [5.41, 5.74) is 5.84. The van der Waals surface area contributed by atoms with Gasteiger partial charge in [0.1, 0.15) is 29.2 Å². The van der Waals surface area contributed by atoms with E-state index in [1.807, 2.05) is 0 Å². The Morgan fingerprint density at radius 2 is 1.79 bits per heavy atom. The number of rotatable bonds is 7. The van der Waals surface area contributed by atoms with Gasteiger partial charge in [-0.25, -0.2) is 8.78 Å². The highest BCUT2D eigenvalue weighted by atomic mass is 32.1. The predicted molar refractivity (Wildman–Crippen MR) is 102 cm³/mol. The number of carbonyl (C=O) groups is 1. The first-order valence-electron chi connectivity index (χ1n) is 8.37. The Kier molecular flexibility index (Phi) is 5.95. The number of aromatic nitrogens is 1. The number of aromatic hydroxyl groups is 1. The predicted octanol–water partition coefficient (Wildman–Crippen LogP) is 2.76. The maximum absolute atomic E-state index is 14.4. The Morgan fingerprint density at radius 3 is 2.31 bits per heavy atom. The first kappa shape index (κ1) is 20.5. The lowest BCUT2D eigenvalue weighted by Gasteiger charge is -2.11. The van der Waals surface area contributed by atoms with E-state index in [4.69, 9.17) is 15.6 Å². The molecule has 152 valence electrons. The minimum Gasteiger partial charge on any atom is -0.494 e. The summed E-state index contributed by atoms with van der Waals surface area (Å²) in [6.45, 7) is 0. The molecule has 0 spiro atoms. The molecule has 7 nitrogen and oxygen atoms in total. The molecule has 0 fully saturated rings. The van der Waals surface area contributed by atoms with Gasteiger partial charge in [0.25, 0.3) is 0 Å². The molecular weight excluding hydrogens is 406 g/mol. The van der Waals surface area contributed by atoms with Crippen LogP contribution in [0.5, 0.6) is 17.4 Å². The number of hydrogen-bond acceptors (Lipinski definition) is 6. The SMILES string of the molecule is NC(Cc1ccc(Oc2cc(F)c(Cc3sc(=O)[nH]c3O)c(F)c2)cc1)C(=O)O. The van der Waals surface area contributed by atoms with Crippen molar-refractivity contribution in [3.8, 4) is 17.4 Å². The molecule has 0 aliphatic heterocycles. The Bertz CT molecular complexity index is 1070. The number of ether oxygens (including phenoxy) is 1. The Morgan fingerprint density at radius 1 is 1.17 bits per heavy atom. The van der Waals surface area contributed by atoms with Gasteiger partial charge in [0.05, 0.1) is 4.88 Å². The average Bonchev–Trinajstić information content (AvgIpc) is 2.97. The third kappa shape index (κ3) is 4.98. The second-order valence-electron chi connectivity index (χ2n) is 6.22. The van der Waals surface area contributed by atoms with Gasteiger partial charge in [-0.3, -0.25) is 14.6 Å². The molecule has 0 aliphatic rings. The van der Waals surface area contributed by atoms with Crippen LogP contribution in [0.2, 0.25) is 0 Å². The lowest BCUT2D eigenvalue weighted by atomic mass is 10.1. The number of aromatic amines is 1. The van der Waals surface area contributed by atoms with E-state index in [-0.39, 0.29) is 29.0 Å². The van der Waals surface area contributed by atoms with Crippen LogP contribution in [0, 0.1) is 11.6 Å². The fraction of sp³-hybridized carbons (Fsp3) is 0.158. The standard InChI is InChI=1S/C19H16F2N2O5S/c20-13-6-11(7-14(21)12(13)8-16-17(24)23-19(27)29-16)28-10-3-1-9(2-4-10)5-15(22)18(25)26/h1-4,6-7,15,24H,5,8,22H2,(H,23,27)(H,25,26). The largest absolute Gasteiger partial charge is 0.494 e. The second-order valence-corrected chi connectivity index (χ2v) is 7.29. The highest BCUT2D eigenvalue weighted by Gasteiger charge is 2.17. The number of halogens is 2. The van der Waals surface area contributed by atoms with Gasteiger partial charge in [0.2, 0.25) is 5.88 Å². The molecule has 3 aromatic rings. The first-order chi connectivity index (χ1) is 13.7. The Labute approximate surface area is 167 Å². The number of H-pyrrole nitrogens is 1. The lowest BCUT2D eigenvalue weighted by Crippen LogP contribution is -2.32. The van der Waals surface area contributed by atoms with E-state index in [2.05, 4.69) is 4.98 Å². The van der Waals surface area contributed by atoms with E-state index in [1.165, 1.54) is 12.1 Å². The molecule has 10 heteroatoms. The quantitative estimate of drug-likeness (QED) is 0.464. The number of aliphatic carboxylic acids is 1. The summed E-state index contributed by atoms with van der Waals surface area (Å²) in [6.07, 6.45) is -0.155. The molecule has 0 bridgehead atoms. The molecule has 5 N–H and O–H groups in total. The Balaban J connectivity index is 1.74. The molecule has 0 aliphatic carbocycles. The number of carboxylic acid groups (broad SMARTS) is 1. The van der Waals surface area contributed by atoms with Crippen LogP contribution in [0.1, 0.15) is 16.0 Å². The number of thiazole rings is 1. The maximum Gasteiger partial charge on any atom is 0.320 e. The van der Waals surface area contributed by atoms with E-state index < -0.39 is 34.4 Å². The average molecular weight is 422 g/mol. The molecule has 1 atom stereocenters. The van der Waals surface area contributed by atoms with Crippen molar-refractivity contribution in [2.24, 2.45) is 5.73 Å². The molecule has 29 heavy (non-hydrogen) atoms. The maximum atomic E-state index is 14.4. The number of carboxylic acids is 1. The fourth-order valence-electron chi connectivity index (χ4n) is 2.61. The van der Waals surface area contributed by atoms with Crippen molar-refractivity contribution in [3.05, 3.63) is 73.7 Å². The number of benzene rings is 2. The zero-order valence-electron chi connectivity index (χ0n) is 14.8. The summed E-state index contributed by atoms with van der Waals surface area (Å²) in [4.78, 5) is 23.7. The second kappa shape index (κ2) is 8.41. The molecular formula is C19H16F2N2O5S. The van der Waals surface area contributed by atoms with Crippen LogP contribution in [-0.2, 0) is 17.6 Å². The molecule has 1 aromatic heterocycles. The highest BCUT2D eigenvalue weighted by molar-refractivity contribution is 7.09. The van der Waals surface area contributed by atoms with E-state index >= 15 is 0 Å². The molecule has 0 radical (unpaired) electrons. The Hall–Kier alpha value is -3.24. The van der Waals surface area contributed by atoms with Crippen molar-refractivity contribution in [3.63, 3.8) is 0 Å². The lowest BCUT2D eigenvalue weighted by molar-refractivity contribution is -0.138. The summed E-state index contributed by atoms with van der Waals surface area (Å²) in [6, 6.07) is 7.24. The van der Waals surface area contributed by atoms with Gasteiger partial charge in [-0.2, -0.15) is 0 Å². The molecule has 0 saturated carbocycles. The van der Waals surface area contributed by atoms with Crippen molar-refractivity contribution in [2.75, 3.05) is 0 Å². The molecule has 3 rings (SSSR count). The molecule has 2 aromatic carbocycles. The van der Waals surface area contributed by atoms with Gasteiger partial charge in [-0.05, 0) is 24.1 Å². The van der Waals surface area contributed by atoms with Crippen LogP contribution in [0.25, 0.3) is 0 Å². The summed E-state index contributed by atoms with van der Waals surface area (Å²) in [5.74, 6) is -3.08. The van der Waals surface area contributed by atoms with Crippen LogP contribution in [-0.4, -0.2) is 27.2 Å². The highest BCUT2D eigenvalue weighted by Crippen LogP contribution is 2.29. The van der Waals surface area contributed by atoms with Crippen LogP contribution < -0.4 is 15.3 Å². The van der Waals surface area contributed by atoms with Gasteiger partial charge in [0.15, 0.2) is 0 Å². The van der Waals surface area contributed by atoms with Gasteiger partial charge < -0.3 is 20.7 Å². The smallest absolute Gasteiger partial charge is 0.320 e. The van der Waals surface area contributed by atoms with Crippen LogP contribution >= 0.6 is 11.3 Å². The monoisotopic (exact) mass is 422 g/mol. The third-order valence-corrected chi connectivity index (χ3v) is 4.96. The molecule has 1 heterocycles. The van der Waals surface area contributed by atoms with Crippen molar-refractivity contribution < 1.29 is 28.5 Å². The zero-order valence-corrected chi connectivity index (χ0v) is 15.6. The van der Waals surface area contributed by atoms with Crippen molar-refractivity contribution in [1.29, 1.82) is 0 Å². The van der Waals surface area contributed by atoms with Crippen LogP contribution in [0.3, 0.4) is 0 Å². The molecule has 0 saturated heterocycles. The van der Waals surface area contributed by atoms with E-state index in [0.717, 1.165) is 12.1 Å². The fourth-order valence-corrected chi connectivity index (χ4v) is 3.35. The van der Waals surface area contributed by atoms with E-state index in [9.17, 15) is 23.5 Å².